The molecule has 3 atom stereocenters. The average molecular weight is 201 g/mol. The largest absolute Gasteiger partial charge is 0.468 e. The second-order valence-electron chi connectivity index (χ2n) is 3.91. The van der Waals surface area contributed by atoms with Crippen molar-refractivity contribution in [1.29, 1.82) is 0 Å². The molecule has 0 N–H and O–H groups in total. The highest BCUT2D eigenvalue weighted by Gasteiger charge is 2.29. The smallest absolute Gasteiger partial charge is 0.322 e. The number of morpholine rings is 1. The zero-order valence-electron chi connectivity index (χ0n) is 9.32. The summed E-state index contributed by atoms with van der Waals surface area (Å²) in [7, 11) is 1.42. The molecule has 0 unspecified atom stereocenters. The molecule has 1 fully saturated rings. The predicted molar refractivity (Wildman–Crippen MR) is 53.1 cm³/mol. The molecule has 0 spiro atoms. The highest BCUT2D eigenvalue weighted by Crippen LogP contribution is 2.13. The number of esters is 1. The van der Waals surface area contributed by atoms with Crippen molar-refractivity contribution in [1.82, 2.24) is 4.90 Å². The van der Waals surface area contributed by atoms with E-state index in [1.807, 2.05) is 20.8 Å². The third kappa shape index (κ3) is 2.69. The van der Waals surface area contributed by atoms with E-state index in [0.717, 1.165) is 13.1 Å². The second-order valence-corrected chi connectivity index (χ2v) is 3.91. The summed E-state index contributed by atoms with van der Waals surface area (Å²) in [6, 6.07) is -0.172. The molecule has 0 amide bonds. The molecule has 0 radical (unpaired) electrons. The van der Waals surface area contributed by atoms with Crippen LogP contribution in [0.4, 0.5) is 0 Å². The van der Waals surface area contributed by atoms with Crippen molar-refractivity contribution < 1.29 is 14.3 Å². The van der Waals surface area contributed by atoms with Gasteiger partial charge in [0.25, 0.3) is 0 Å². The molecule has 82 valence electrons. The first kappa shape index (κ1) is 11.5. The minimum atomic E-state index is -0.175. The lowest BCUT2D eigenvalue weighted by atomic mass is 10.2. The first-order chi connectivity index (χ1) is 6.54. The summed E-state index contributed by atoms with van der Waals surface area (Å²) in [6.07, 6.45) is 0.372. The number of carbonyl (C=O) groups excluding carboxylic acids is 1. The number of hydrogen-bond donors (Lipinski definition) is 0. The summed E-state index contributed by atoms with van der Waals surface area (Å²) in [5.41, 5.74) is 0. The number of carbonyl (C=O) groups is 1. The van der Waals surface area contributed by atoms with Crippen LogP contribution in [0.2, 0.25) is 0 Å². The minimum absolute atomic E-state index is 0.172. The molecule has 4 nitrogen and oxygen atoms in total. The zero-order valence-corrected chi connectivity index (χ0v) is 9.32. The first-order valence-corrected chi connectivity index (χ1v) is 5.02. The van der Waals surface area contributed by atoms with Crippen LogP contribution in [0.3, 0.4) is 0 Å². The SMILES string of the molecule is COC(=O)[C@H](C)N1C[C@@H](C)O[C@H](C)C1. The van der Waals surface area contributed by atoms with E-state index in [2.05, 4.69) is 4.90 Å². The fourth-order valence-electron chi connectivity index (χ4n) is 1.85. The molecule has 1 aliphatic rings. The molecule has 0 aromatic carbocycles. The van der Waals surface area contributed by atoms with Crippen LogP contribution < -0.4 is 0 Å². The molecule has 1 heterocycles. The number of ether oxygens (including phenoxy) is 2. The molecule has 14 heavy (non-hydrogen) atoms. The van der Waals surface area contributed by atoms with Crippen LogP contribution in [-0.2, 0) is 14.3 Å². The highest BCUT2D eigenvalue weighted by atomic mass is 16.5. The quantitative estimate of drug-likeness (QED) is 0.615. The van der Waals surface area contributed by atoms with Gasteiger partial charge in [-0.25, -0.2) is 0 Å². The van der Waals surface area contributed by atoms with E-state index in [1.165, 1.54) is 7.11 Å². The van der Waals surface area contributed by atoms with Gasteiger partial charge in [0.1, 0.15) is 6.04 Å². The topological polar surface area (TPSA) is 38.8 Å². The molecule has 1 rings (SSSR count). The Morgan fingerprint density at radius 1 is 1.43 bits per heavy atom. The number of hydrogen-bond acceptors (Lipinski definition) is 4. The Hall–Kier alpha value is -0.610. The number of nitrogens with zero attached hydrogens (tertiary/aromatic N) is 1. The molecule has 4 heteroatoms. The lowest BCUT2D eigenvalue weighted by Crippen LogP contribution is -2.51. The Morgan fingerprint density at radius 2 is 1.93 bits per heavy atom. The predicted octanol–water partition coefficient (Wildman–Crippen LogP) is 0.657. The molecule has 0 aromatic heterocycles. The summed E-state index contributed by atoms with van der Waals surface area (Å²) in [4.78, 5) is 13.4. The molecule has 0 aromatic rings. The first-order valence-electron chi connectivity index (χ1n) is 5.02. The van der Waals surface area contributed by atoms with E-state index in [0.29, 0.717) is 0 Å². The van der Waals surface area contributed by atoms with Crippen molar-refractivity contribution >= 4 is 5.97 Å². The Kier molecular flexibility index (Phi) is 3.89. The van der Waals surface area contributed by atoms with Crippen molar-refractivity contribution in [2.45, 2.75) is 39.0 Å². The third-order valence-corrected chi connectivity index (χ3v) is 2.54. The van der Waals surface area contributed by atoms with Gasteiger partial charge in [-0.2, -0.15) is 0 Å². The third-order valence-electron chi connectivity index (χ3n) is 2.54. The van der Waals surface area contributed by atoms with Crippen LogP contribution in [0.5, 0.6) is 0 Å². The fourth-order valence-corrected chi connectivity index (χ4v) is 1.85. The average Bonchev–Trinajstić information content (AvgIpc) is 2.14. The van der Waals surface area contributed by atoms with Gasteiger partial charge in [-0.1, -0.05) is 0 Å². The molecule has 1 saturated heterocycles. The summed E-state index contributed by atoms with van der Waals surface area (Å²) < 4.78 is 10.3. The number of rotatable bonds is 2. The lowest BCUT2D eigenvalue weighted by molar-refractivity contribution is -0.151. The van der Waals surface area contributed by atoms with E-state index in [-0.39, 0.29) is 24.2 Å². The van der Waals surface area contributed by atoms with E-state index < -0.39 is 0 Å². The van der Waals surface area contributed by atoms with Crippen molar-refractivity contribution in [3.8, 4) is 0 Å². The van der Waals surface area contributed by atoms with Gasteiger partial charge in [-0.3, -0.25) is 9.69 Å². The van der Waals surface area contributed by atoms with Gasteiger partial charge in [-0.05, 0) is 20.8 Å². The Labute approximate surface area is 85.2 Å². The van der Waals surface area contributed by atoms with Gasteiger partial charge >= 0.3 is 5.97 Å². The molecule has 0 bridgehead atoms. The van der Waals surface area contributed by atoms with Crippen molar-refractivity contribution in [2.24, 2.45) is 0 Å². The molecular weight excluding hydrogens is 182 g/mol. The van der Waals surface area contributed by atoms with Crippen LogP contribution in [0.1, 0.15) is 20.8 Å². The van der Waals surface area contributed by atoms with Gasteiger partial charge in [-0.15, -0.1) is 0 Å². The van der Waals surface area contributed by atoms with Crippen LogP contribution >= 0.6 is 0 Å². The minimum Gasteiger partial charge on any atom is -0.468 e. The molecule has 0 saturated carbocycles. The maximum absolute atomic E-state index is 11.3. The van der Waals surface area contributed by atoms with E-state index in [9.17, 15) is 4.79 Å². The van der Waals surface area contributed by atoms with Crippen molar-refractivity contribution in [2.75, 3.05) is 20.2 Å². The van der Waals surface area contributed by atoms with Crippen molar-refractivity contribution in [3.63, 3.8) is 0 Å². The van der Waals surface area contributed by atoms with Crippen LogP contribution in [0, 0.1) is 0 Å². The van der Waals surface area contributed by atoms with Gasteiger partial charge in [0.2, 0.25) is 0 Å². The zero-order chi connectivity index (χ0) is 10.7. The van der Waals surface area contributed by atoms with Crippen molar-refractivity contribution in [3.05, 3.63) is 0 Å². The van der Waals surface area contributed by atoms with Crippen LogP contribution in [0.15, 0.2) is 0 Å². The van der Waals surface area contributed by atoms with Crippen LogP contribution in [0.25, 0.3) is 0 Å². The van der Waals surface area contributed by atoms with Gasteiger partial charge in [0, 0.05) is 13.1 Å². The maximum atomic E-state index is 11.3. The fraction of sp³-hybridized carbons (Fsp3) is 0.900. The van der Waals surface area contributed by atoms with Crippen LogP contribution in [-0.4, -0.2) is 49.3 Å². The maximum Gasteiger partial charge on any atom is 0.322 e. The summed E-state index contributed by atoms with van der Waals surface area (Å²) in [5, 5.41) is 0. The molecule has 1 aliphatic heterocycles. The molecule has 0 aliphatic carbocycles. The Balaban J connectivity index is 2.54. The monoisotopic (exact) mass is 201 g/mol. The highest BCUT2D eigenvalue weighted by molar-refractivity contribution is 5.75. The normalized spacial score (nSPS) is 31.1. The number of methoxy groups -OCH3 is 1. The summed E-state index contributed by atoms with van der Waals surface area (Å²) in [6.45, 7) is 7.50. The van der Waals surface area contributed by atoms with Gasteiger partial charge in [0.15, 0.2) is 0 Å². The van der Waals surface area contributed by atoms with E-state index in [4.69, 9.17) is 9.47 Å². The second kappa shape index (κ2) is 4.75. The molecular formula is C10H19NO3. The van der Waals surface area contributed by atoms with Gasteiger partial charge in [0.05, 0.1) is 19.3 Å². The van der Waals surface area contributed by atoms with E-state index in [1.54, 1.807) is 0 Å². The lowest BCUT2D eigenvalue weighted by Gasteiger charge is -2.37. The summed E-state index contributed by atoms with van der Waals surface area (Å²) >= 11 is 0. The summed E-state index contributed by atoms with van der Waals surface area (Å²) in [5.74, 6) is -0.175. The standard InChI is InChI=1S/C10H19NO3/c1-7-5-11(6-8(2)14-7)9(3)10(12)13-4/h7-9H,5-6H2,1-4H3/t7-,8-,9+/m1/s1. The Bertz CT molecular complexity index is 198. The van der Waals surface area contributed by atoms with E-state index >= 15 is 0 Å². The Morgan fingerprint density at radius 3 is 2.36 bits per heavy atom. The van der Waals surface area contributed by atoms with Gasteiger partial charge < -0.3 is 9.47 Å².